The molecule has 3 nitrogen and oxygen atoms in total. The Kier molecular flexibility index (Phi) is 6.11. The number of ether oxygens (including phenoxy) is 1. The van der Waals surface area contributed by atoms with E-state index >= 15 is 0 Å². The molecule has 3 heteroatoms. The van der Waals surface area contributed by atoms with Crippen LogP contribution in [0, 0.1) is 5.92 Å². The Balaban J connectivity index is 1.84. The third-order valence-electron chi connectivity index (χ3n) is 4.75. The summed E-state index contributed by atoms with van der Waals surface area (Å²) < 4.78 is 6.20. The van der Waals surface area contributed by atoms with Crippen LogP contribution >= 0.6 is 0 Å². The van der Waals surface area contributed by atoms with Gasteiger partial charge in [-0.2, -0.15) is 0 Å². The van der Waals surface area contributed by atoms with Crippen LogP contribution in [0.3, 0.4) is 0 Å². The van der Waals surface area contributed by atoms with Crippen LogP contribution in [0.1, 0.15) is 64.7 Å². The minimum absolute atomic E-state index is 0.164. The molecular weight excluding hydrogens is 238 g/mol. The van der Waals surface area contributed by atoms with Gasteiger partial charge in [0.15, 0.2) is 0 Å². The predicted molar refractivity (Wildman–Crippen MR) is 78.3 cm³/mol. The zero-order valence-corrected chi connectivity index (χ0v) is 12.5. The first-order valence-corrected chi connectivity index (χ1v) is 8.28. The molecule has 2 aliphatic carbocycles. The lowest BCUT2D eigenvalue weighted by atomic mass is 9.94. The summed E-state index contributed by atoms with van der Waals surface area (Å²) in [5, 5.41) is 13.4. The second-order valence-electron chi connectivity index (χ2n) is 6.44. The van der Waals surface area contributed by atoms with Gasteiger partial charge in [0, 0.05) is 0 Å². The van der Waals surface area contributed by atoms with E-state index in [2.05, 4.69) is 12.2 Å². The molecule has 2 saturated carbocycles. The molecule has 0 heterocycles. The van der Waals surface area contributed by atoms with Crippen molar-refractivity contribution in [3.8, 4) is 0 Å². The highest BCUT2D eigenvalue weighted by atomic mass is 16.5. The summed E-state index contributed by atoms with van der Waals surface area (Å²) in [6.07, 6.45) is 11.8. The molecule has 0 aliphatic heterocycles. The smallest absolute Gasteiger partial charge is 0.0679 e. The molecule has 1 unspecified atom stereocenters. The predicted octanol–water partition coefficient (Wildman–Crippen LogP) is 2.87. The Bertz CT molecular complexity index is 247. The normalized spacial score (nSPS) is 24.9. The van der Waals surface area contributed by atoms with E-state index in [0.29, 0.717) is 18.6 Å². The highest BCUT2D eigenvalue weighted by Gasteiger charge is 2.45. The first kappa shape index (κ1) is 15.3. The minimum atomic E-state index is -0.164. The molecule has 2 fully saturated rings. The van der Waals surface area contributed by atoms with Gasteiger partial charge >= 0.3 is 0 Å². The Morgan fingerprint density at radius 1 is 1.11 bits per heavy atom. The Morgan fingerprint density at radius 3 is 2.32 bits per heavy atom. The summed E-state index contributed by atoms with van der Waals surface area (Å²) in [6, 6.07) is 0. The van der Waals surface area contributed by atoms with Crippen LogP contribution in [-0.4, -0.2) is 36.5 Å². The van der Waals surface area contributed by atoms with E-state index in [4.69, 9.17) is 4.74 Å². The maximum absolute atomic E-state index is 9.86. The molecule has 0 radical (unpaired) electrons. The molecule has 19 heavy (non-hydrogen) atoms. The van der Waals surface area contributed by atoms with Gasteiger partial charge in [-0.25, -0.2) is 0 Å². The van der Waals surface area contributed by atoms with Crippen LogP contribution in [0.25, 0.3) is 0 Å². The molecular formula is C16H31NO2. The van der Waals surface area contributed by atoms with Crippen molar-refractivity contribution in [2.45, 2.75) is 76.4 Å². The van der Waals surface area contributed by atoms with Crippen LogP contribution in [0.15, 0.2) is 0 Å². The van der Waals surface area contributed by atoms with Crippen molar-refractivity contribution >= 4 is 0 Å². The van der Waals surface area contributed by atoms with Crippen molar-refractivity contribution in [2.75, 3.05) is 19.8 Å². The molecule has 2 N–H and O–H groups in total. The molecule has 0 aromatic rings. The van der Waals surface area contributed by atoms with Gasteiger partial charge in [0.25, 0.3) is 0 Å². The van der Waals surface area contributed by atoms with E-state index in [9.17, 15) is 5.11 Å². The van der Waals surface area contributed by atoms with Gasteiger partial charge in [-0.15, -0.1) is 0 Å². The van der Waals surface area contributed by atoms with Gasteiger partial charge in [0.1, 0.15) is 0 Å². The van der Waals surface area contributed by atoms with Gasteiger partial charge < -0.3 is 15.2 Å². The molecule has 2 rings (SSSR count). The second-order valence-corrected chi connectivity index (χ2v) is 6.44. The Hall–Kier alpha value is -0.120. The number of rotatable bonds is 8. The summed E-state index contributed by atoms with van der Waals surface area (Å²) in [5.74, 6) is 0.620. The fraction of sp³-hybridized carbons (Fsp3) is 1.00. The molecule has 112 valence electrons. The van der Waals surface area contributed by atoms with E-state index < -0.39 is 0 Å². The first-order valence-electron chi connectivity index (χ1n) is 8.28. The van der Waals surface area contributed by atoms with E-state index in [1.165, 1.54) is 51.4 Å². The molecule has 0 amide bonds. The third kappa shape index (κ3) is 4.44. The fourth-order valence-electron chi connectivity index (χ4n) is 3.23. The lowest BCUT2D eigenvalue weighted by Crippen LogP contribution is -2.55. The lowest BCUT2D eigenvalue weighted by Gasteiger charge is -2.34. The summed E-state index contributed by atoms with van der Waals surface area (Å²) >= 11 is 0. The number of aliphatic hydroxyl groups is 1. The monoisotopic (exact) mass is 269 g/mol. The standard InChI is InChI=1S/C16H31NO2/c1-2-11-17-16(12-18,14-9-10-14)13-19-15-7-5-3-4-6-8-15/h14-15,17-18H,2-13H2,1H3. The maximum Gasteiger partial charge on any atom is 0.0679 e. The highest BCUT2D eigenvalue weighted by Crippen LogP contribution is 2.40. The van der Waals surface area contributed by atoms with Gasteiger partial charge in [0.2, 0.25) is 0 Å². The van der Waals surface area contributed by atoms with Crippen LogP contribution < -0.4 is 5.32 Å². The van der Waals surface area contributed by atoms with Crippen molar-refractivity contribution in [1.29, 1.82) is 0 Å². The van der Waals surface area contributed by atoms with Gasteiger partial charge in [0.05, 0.1) is 24.9 Å². The minimum Gasteiger partial charge on any atom is -0.394 e. The molecule has 0 aromatic heterocycles. The van der Waals surface area contributed by atoms with Crippen molar-refractivity contribution < 1.29 is 9.84 Å². The molecule has 1 atom stereocenters. The average Bonchev–Trinajstić information content (AvgIpc) is 3.27. The van der Waals surface area contributed by atoms with Crippen molar-refractivity contribution in [3.63, 3.8) is 0 Å². The van der Waals surface area contributed by atoms with E-state index in [-0.39, 0.29) is 12.1 Å². The SMILES string of the molecule is CCCNC(CO)(COC1CCCCCC1)C1CC1. The van der Waals surface area contributed by atoms with Crippen molar-refractivity contribution in [2.24, 2.45) is 5.92 Å². The zero-order valence-electron chi connectivity index (χ0n) is 12.5. The molecule has 0 bridgehead atoms. The van der Waals surface area contributed by atoms with Gasteiger partial charge in [-0.3, -0.25) is 0 Å². The average molecular weight is 269 g/mol. The van der Waals surface area contributed by atoms with Gasteiger partial charge in [-0.1, -0.05) is 32.6 Å². The van der Waals surface area contributed by atoms with Crippen LogP contribution in [0.4, 0.5) is 0 Å². The fourth-order valence-corrected chi connectivity index (χ4v) is 3.23. The quantitative estimate of drug-likeness (QED) is 0.666. The second kappa shape index (κ2) is 7.61. The molecule has 0 aromatic carbocycles. The summed E-state index contributed by atoms with van der Waals surface area (Å²) in [7, 11) is 0. The van der Waals surface area contributed by atoms with Crippen LogP contribution in [0.5, 0.6) is 0 Å². The van der Waals surface area contributed by atoms with Crippen LogP contribution in [-0.2, 0) is 4.74 Å². The number of nitrogens with one attached hydrogen (secondary N) is 1. The Labute approximate surface area is 118 Å². The number of hydrogen-bond donors (Lipinski definition) is 2. The van der Waals surface area contributed by atoms with E-state index in [1.807, 2.05) is 0 Å². The first-order chi connectivity index (χ1) is 9.30. The molecule has 0 saturated heterocycles. The van der Waals surface area contributed by atoms with Crippen molar-refractivity contribution in [3.05, 3.63) is 0 Å². The van der Waals surface area contributed by atoms with Crippen molar-refractivity contribution in [1.82, 2.24) is 5.32 Å². The van der Waals surface area contributed by atoms with Crippen LogP contribution in [0.2, 0.25) is 0 Å². The largest absolute Gasteiger partial charge is 0.394 e. The van der Waals surface area contributed by atoms with E-state index in [1.54, 1.807) is 0 Å². The third-order valence-corrected chi connectivity index (χ3v) is 4.75. The highest BCUT2D eigenvalue weighted by molar-refractivity contribution is 5.01. The Morgan fingerprint density at radius 2 is 1.79 bits per heavy atom. The van der Waals surface area contributed by atoms with E-state index in [0.717, 1.165) is 13.0 Å². The maximum atomic E-state index is 9.86. The zero-order chi connectivity index (χ0) is 13.6. The number of hydrogen-bond acceptors (Lipinski definition) is 3. The lowest BCUT2D eigenvalue weighted by molar-refractivity contribution is -0.0234. The topological polar surface area (TPSA) is 41.5 Å². The summed E-state index contributed by atoms with van der Waals surface area (Å²) in [4.78, 5) is 0. The summed E-state index contributed by atoms with van der Waals surface area (Å²) in [5.41, 5.74) is -0.164. The number of aliphatic hydroxyl groups excluding tert-OH is 1. The molecule has 2 aliphatic rings. The van der Waals surface area contributed by atoms with Gasteiger partial charge in [-0.05, 0) is 44.6 Å². The molecule has 0 spiro atoms. The summed E-state index contributed by atoms with van der Waals surface area (Å²) in [6.45, 7) is 4.06.